The van der Waals surface area contributed by atoms with Crippen molar-refractivity contribution in [2.24, 2.45) is 0 Å². The molecule has 0 bridgehead atoms. The van der Waals surface area contributed by atoms with Crippen LogP contribution < -0.4 is 5.32 Å². The van der Waals surface area contributed by atoms with Gasteiger partial charge in [-0.15, -0.1) is 11.3 Å². The number of hydrogen-bond acceptors (Lipinski definition) is 7. The Morgan fingerprint density at radius 2 is 1.69 bits per heavy atom. The second kappa shape index (κ2) is 16.0. The fraction of sp³-hybridized carbons (Fsp3) is 0.517. The zero-order valence-electron chi connectivity index (χ0n) is 23.6. The highest BCUT2D eigenvalue weighted by Gasteiger charge is 2.15. The van der Waals surface area contributed by atoms with Gasteiger partial charge >= 0.3 is 5.97 Å². The molecular weight excluding hydrogens is 468 g/mol. The van der Waals surface area contributed by atoms with Crippen LogP contribution in [0, 0.1) is 13.8 Å². The van der Waals surface area contributed by atoms with Gasteiger partial charge in [-0.1, -0.05) is 69.7 Å². The Hall–Kier alpha value is -2.80. The molecule has 3 aromatic rings. The zero-order chi connectivity index (χ0) is 27.1. The molecule has 198 valence electrons. The minimum atomic E-state index is -0.328. The van der Waals surface area contributed by atoms with E-state index in [9.17, 15) is 4.79 Å². The monoisotopic (exact) mass is 512 g/mol. The van der Waals surface area contributed by atoms with Crippen molar-refractivity contribution in [3.63, 3.8) is 0 Å². The van der Waals surface area contributed by atoms with E-state index in [1.54, 1.807) is 17.5 Å². The molecule has 0 aliphatic rings. The number of esters is 1. The number of rotatable bonds is 7. The Morgan fingerprint density at radius 3 is 2.19 bits per heavy atom. The Balaban J connectivity index is 0.000000358. The van der Waals surface area contributed by atoms with Crippen LogP contribution in [0.4, 0.5) is 5.95 Å². The van der Waals surface area contributed by atoms with E-state index < -0.39 is 0 Å². The molecule has 0 aliphatic carbocycles. The molecule has 36 heavy (non-hydrogen) atoms. The Morgan fingerprint density at radius 1 is 1.03 bits per heavy atom. The summed E-state index contributed by atoms with van der Waals surface area (Å²) >= 11 is 1.66. The molecule has 0 saturated heterocycles. The third-order valence-corrected chi connectivity index (χ3v) is 5.79. The summed E-state index contributed by atoms with van der Waals surface area (Å²) in [4.78, 5) is 24.7. The van der Waals surface area contributed by atoms with Crippen LogP contribution in [0.2, 0.25) is 0 Å². The fourth-order valence-electron chi connectivity index (χ4n) is 3.30. The molecule has 0 unspecified atom stereocenters. The molecule has 0 fully saturated rings. The summed E-state index contributed by atoms with van der Waals surface area (Å²) in [7, 11) is 1.82. The minimum absolute atomic E-state index is 0.225. The molecule has 6 nitrogen and oxygen atoms in total. The summed E-state index contributed by atoms with van der Waals surface area (Å²) in [6.45, 7) is 15.5. The van der Waals surface area contributed by atoms with E-state index >= 15 is 0 Å². The van der Waals surface area contributed by atoms with Gasteiger partial charge in [0.05, 0.1) is 21.3 Å². The number of anilines is 1. The van der Waals surface area contributed by atoms with E-state index in [0.29, 0.717) is 5.95 Å². The number of ether oxygens (including phenoxy) is 1. The number of carbonyl (C=O) groups excluding carboxylic acids is 1. The van der Waals surface area contributed by atoms with E-state index in [1.165, 1.54) is 44.6 Å². The largest absolute Gasteiger partial charge is 0.460 e. The highest BCUT2D eigenvalue weighted by atomic mass is 32.1. The van der Waals surface area contributed by atoms with E-state index in [2.05, 4.69) is 60.3 Å². The maximum absolute atomic E-state index is 10.2. The van der Waals surface area contributed by atoms with Gasteiger partial charge in [-0.2, -0.15) is 0 Å². The number of carbonyl (C=O) groups is 1. The topological polar surface area (TPSA) is 77.0 Å². The molecule has 0 atom stereocenters. The van der Waals surface area contributed by atoms with Crippen LogP contribution in [0.3, 0.4) is 0 Å². The minimum Gasteiger partial charge on any atom is -0.460 e. The first-order valence-corrected chi connectivity index (χ1v) is 13.6. The lowest BCUT2D eigenvalue weighted by Crippen LogP contribution is -2.21. The first kappa shape index (κ1) is 31.2. The summed E-state index contributed by atoms with van der Waals surface area (Å²) in [5.41, 5.74) is 3.91. The highest BCUT2D eigenvalue weighted by molar-refractivity contribution is 7.15. The summed E-state index contributed by atoms with van der Waals surface area (Å²) in [5, 5.41) is 4.01. The molecule has 0 aliphatic heterocycles. The van der Waals surface area contributed by atoms with Crippen molar-refractivity contribution >= 4 is 23.3 Å². The fourth-order valence-corrected chi connectivity index (χ4v) is 4.21. The van der Waals surface area contributed by atoms with Crippen LogP contribution in [-0.2, 0) is 9.53 Å². The van der Waals surface area contributed by atoms with E-state index in [-0.39, 0.29) is 11.6 Å². The maximum Gasteiger partial charge on any atom is 0.303 e. The third-order valence-electron chi connectivity index (χ3n) is 4.79. The smallest absolute Gasteiger partial charge is 0.303 e. The summed E-state index contributed by atoms with van der Waals surface area (Å²) in [6, 6.07) is 10.3. The van der Waals surface area contributed by atoms with Crippen LogP contribution in [0.25, 0.3) is 21.8 Å². The summed E-state index contributed by atoms with van der Waals surface area (Å²) < 4.78 is 4.80. The number of benzene rings is 1. The Labute approximate surface area is 222 Å². The van der Waals surface area contributed by atoms with Gasteiger partial charge in [0.1, 0.15) is 5.60 Å². The lowest BCUT2D eigenvalue weighted by atomic mass is 10.1. The predicted octanol–water partition coefficient (Wildman–Crippen LogP) is 8.25. The van der Waals surface area contributed by atoms with Crippen molar-refractivity contribution in [2.75, 3.05) is 12.4 Å². The second-order valence-corrected chi connectivity index (χ2v) is 10.8. The molecule has 0 spiro atoms. The zero-order valence-corrected chi connectivity index (χ0v) is 24.4. The molecule has 0 radical (unpaired) electrons. The average molecular weight is 513 g/mol. The van der Waals surface area contributed by atoms with Crippen molar-refractivity contribution in [3.8, 4) is 21.8 Å². The quantitative estimate of drug-likeness (QED) is 0.254. The number of unbranched alkanes of at least 4 members (excludes halogenated alkanes) is 4. The summed E-state index contributed by atoms with van der Waals surface area (Å²) in [6.07, 6.45) is 8.78. The van der Waals surface area contributed by atoms with Crippen LogP contribution in [-0.4, -0.2) is 33.6 Å². The van der Waals surface area contributed by atoms with Gasteiger partial charge in [-0.05, 0) is 46.8 Å². The van der Waals surface area contributed by atoms with Crippen LogP contribution in [0.15, 0.2) is 36.5 Å². The summed E-state index contributed by atoms with van der Waals surface area (Å²) in [5.74, 6) is 0.395. The molecule has 0 amide bonds. The van der Waals surface area contributed by atoms with Crippen LogP contribution in [0.1, 0.15) is 84.2 Å². The molecule has 7 heteroatoms. The first-order chi connectivity index (χ1) is 17.0. The molecule has 2 heterocycles. The first-order valence-electron chi connectivity index (χ1n) is 12.8. The molecular formula is C29H44N4O2S. The van der Waals surface area contributed by atoms with Gasteiger partial charge in [-0.25, -0.2) is 15.0 Å². The molecule has 2 aromatic heterocycles. The predicted molar refractivity (Wildman–Crippen MR) is 154 cm³/mol. The van der Waals surface area contributed by atoms with Gasteiger partial charge in [0, 0.05) is 25.7 Å². The maximum atomic E-state index is 10.2. The Kier molecular flexibility index (Phi) is 13.9. The van der Waals surface area contributed by atoms with Gasteiger partial charge < -0.3 is 10.1 Å². The van der Waals surface area contributed by atoms with Crippen LogP contribution in [0.5, 0.6) is 0 Å². The van der Waals surface area contributed by atoms with Crippen LogP contribution >= 0.6 is 11.3 Å². The highest BCUT2D eigenvalue weighted by Crippen LogP contribution is 2.36. The standard InChI is InChI=1S/C16H16N4S.C7H16.C6H12O2/c1-10-5-4-6-12(9-10)14-15(21-11(2)19-14)13-7-8-18-16(17-3)20-13;1-3-5-7-6-4-2;1-5(7)8-6(2,3)4/h4-9H,1-3H3,(H,17,18,20);3-7H2,1-2H3;1-4H3. The molecule has 1 aromatic carbocycles. The van der Waals surface area contributed by atoms with Crippen molar-refractivity contribution in [1.29, 1.82) is 0 Å². The van der Waals surface area contributed by atoms with E-state index in [1.807, 2.05) is 40.8 Å². The van der Waals surface area contributed by atoms with Crippen molar-refractivity contribution in [2.45, 2.75) is 93.1 Å². The number of nitrogens with one attached hydrogen (secondary N) is 1. The molecule has 1 N–H and O–H groups in total. The normalized spacial score (nSPS) is 10.5. The van der Waals surface area contributed by atoms with Crippen molar-refractivity contribution in [3.05, 3.63) is 47.1 Å². The van der Waals surface area contributed by atoms with Gasteiger partial charge in [0.25, 0.3) is 0 Å². The van der Waals surface area contributed by atoms with Crippen molar-refractivity contribution < 1.29 is 9.53 Å². The van der Waals surface area contributed by atoms with E-state index in [4.69, 9.17) is 9.72 Å². The van der Waals surface area contributed by atoms with Gasteiger partial charge in [0.2, 0.25) is 5.95 Å². The third kappa shape index (κ3) is 12.2. The number of thiazole rings is 1. The van der Waals surface area contributed by atoms with Crippen molar-refractivity contribution in [1.82, 2.24) is 15.0 Å². The SMILES string of the molecule is CC(=O)OC(C)(C)C.CCCCCCC.CNc1nccc(-c2sc(C)nc2-c2cccc(C)c2)n1. The lowest BCUT2D eigenvalue weighted by Gasteiger charge is -2.17. The number of aryl methyl sites for hydroxylation is 2. The number of nitrogens with zero attached hydrogens (tertiary/aromatic N) is 3. The Bertz CT molecular complexity index is 1050. The number of aromatic nitrogens is 3. The average Bonchev–Trinajstić information content (AvgIpc) is 3.20. The van der Waals surface area contributed by atoms with Gasteiger partial charge in [0.15, 0.2) is 0 Å². The second-order valence-electron chi connectivity index (χ2n) is 9.56. The molecule has 0 saturated carbocycles. The lowest BCUT2D eigenvalue weighted by molar-refractivity contribution is -0.151. The number of hydrogen-bond donors (Lipinski definition) is 1. The van der Waals surface area contributed by atoms with Gasteiger partial charge in [-0.3, -0.25) is 4.79 Å². The van der Waals surface area contributed by atoms with E-state index in [0.717, 1.165) is 26.8 Å². The molecule has 3 rings (SSSR count).